The molecule has 0 N–H and O–H groups in total. The number of halogens is 1. The maximum Gasteiger partial charge on any atom is 0.194 e. The molecule has 2 nitrogen and oxygen atoms in total. The quantitative estimate of drug-likeness (QED) is 0.278. The van der Waals surface area contributed by atoms with E-state index in [2.05, 4.69) is 0 Å². The lowest BCUT2D eigenvalue weighted by atomic mass is 10.0. The standard InChI is InChI=1S/C14H10O.C13H7ClO/c1-9-6-7-11-10-4-2-3-5-12(10)14(15)13(11)8-9;14-8-5-6-10-9-3-1-2-4-11(9)13(15)12(10)7-8/h2-8H,1H3;1-7H. The van der Waals surface area contributed by atoms with Crippen LogP contribution in [0, 0.1) is 6.92 Å². The monoisotopic (exact) mass is 408 g/mol. The van der Waals surface area contributed by atoms with Gasteiger partial charge in [-0.15, -0.1) is 0 Å². The summed E-state index contributed by atoms with van der Waals surface area (Å²) in [5.41, 5.74) is 8.43. The van der Waals surface area contributed by atoms with Gasteiger partial charge in [-0.1, -0.05) is 83.9 Å². The molecule has 4 aromatic carbocycles. The van der Waals surface area contributed by atoms with Crippen LogP contribution in [0.25, 0.3) is 22.3 Å². The number of rotatable bonds is 0. The van der Waals surface area contributed by atoms with Crippen LogP contribution in [0.2, 0.25) is 5.02 Å². The summed E-state index contributed by atoms with van der Waals surface area (Å²) in [6, 6.07) is 26.9. The molecule has 0 aromatic heterocycles. The summed E-state index contributed by atoms with van der Waals surface area (Å²) in [6.45, 7) is 2.01. The molecule has 0 heterocycles. The van der Waals surface area contributed by atoms with Crippen LogP contribution < -0.4 is 0 Å². The highest BCUT2D eigenvalue weighted by Gasteiger charge is 2.26. The van der Waals surface area contributed by atoms with E-state index in [9.17, 15) is 9.59 Å². The number of carbonyl (C=O) groups is 2. The Morgan fingerprint density at radius 1 is 0.500 bits per heavy atom. The molecule has 0 aliphatic heterocycles. The second-order valence-electron chi connectivity index (χ2n) is 7.49. The summed E-state index contributed by atoms with van der Waals surface area (Å²) >= 11 is 5.88. The van der Waals surface area contributed by atoms with E-state index in [0.29, 0.717) is 10.6 Å². The molecular weight excluding hydrogens is 392 g/mol. The zero-order valence-electron chi connectivity index (χ0n) is 16.3. The second-order valence-corrected chi connectivity index (χ2v) is 7.92. The number of hydrogen-bond acceptors (Lipinski definition) is 2. The zero-order chi connectivity index (χ0) is 20.8. The molecule has 0 spiro atoms. The van der Waals surface area contributed by atoms with Crippen molar-refractivity contribution >= 4 is 23.2 Å². The van der Waals surface area contributed by atoms with E-state index in [1.165, 1.54) is 0 Å². The van der Waals surface area contributed by atoms with Crippen molar-refractivity contribution in [2.75, 3.05) is 0 Å². The first-order chi connectivity index (χ1) is 14.5. The highest BCUT2D eigenvalue weighted by Crippen LogP contribution is 2.38. The summed E-state index contributed by atoms with van der Waals surface area (Å²) in [7, 11) is 0. The van der Waals surface area contributed by atoms with Crippen LogP contribution in [0.1, 0.15) is 37.4 Å². The molecule has 0 bridgehead atoms. The van der Waals surface area contributed by atoms with E-state index in [1.54, 1.807) is 6.07 Å². The Bertz CT molecular complexity index is 1250. The predicted octanol–water partition coefficient (Wildman–Crippen LogP) is 6.76. The van der Waals surface area contributed by atoms with Gasteiger partial charge in [0.2, 0.25) is 0 Å². The molecule has 0 radical (unpaired) electrons. The number of fused-ring (bicyclic) bond motifs is 6. The highest BCUT2D eigenvalue weighted by atomic mass is 35.5. The van der Waals surface area contributed by atoms with Crippen molar-refractivity contribution in [3.63, 3.8) is 0 Å². The smallest absolute Gasteiger partial charge is 0.194 e. The molecular formula is C27H17ClO2. The van der Waals surface area contributed by atoms with Gasteiger partial charge in [0.1, 0.15) is 0 Å². The Morgan fingerprint density at radius 3 is 1.50 bits per heavy atom. The molecule has 0 fully saturated rings. The van der Waals surface area contributed by atoms with E-state index in [4.69, 9.17) is 11.6 Å². The third kappa shape index (κ3) is 2.89. The fourth-order valence-corrected chi connectivity index (χ4v) is 4.31. The number of carbonyl (C=O) groups excluding carboxylic acids is 2. The molecule has 0 atom stereocenters. The largest absolute Gasteiger partial charge is 0.289 e. The third-order valence-corrected chi connectivity index (χ3v) is 5.80. The first-order valence-corrected chi connectivity index (χ1v) is 10.1. The summed E-state index contributed by atoms with van der Waals surface area (Å²) < 4.78 is 0. The van der Waals surface area contributed by atoms with Crippen LogP contribution in [-0.2, 0) is 0 Å². The minimum Gasteiger partial charge on any atom is -0.289 e. The topological polar surface area (TPSA) is 34.1 Å². The van der Waals surface area contributed by atoms with Gasteiger partial charge >= 0.3 is 0 Å². The molecule has 0 saturated heterocycles. The predicted molar refractivity (Wildman–Crippen MR) is 120 cm³/mol. The minimum atomic E-state index is 0.0723. The van der Waals surface area contributed by atoms with E-state index < -0.39 is 0 Å². The van der Waals surface area contributed by atoms with Crippen molar-refractivity contribution in [2.45, 2.75) is 6.92 Å². The fourth-order valence-electron chi connectivity index (χ4n) is 4.14. The van der Waals surface area contributed by atoms with Crippen molar-refractivity contribution < 1.29 is 9.59 Å². The molecule has 4 aromatic rings. The number of ketones is 2. The van der Waals surface area contributed by atoms with Crippen molar-refractivity contribution in [1.82, 2.24) is 0 Å². The summed E-state index contributed by atoms with van der Waals surface area (Å²) in [5, 5.41) is 0.606. The average Bonchev–Trinajstić information content (AvgIpc) is 3.21. The highest BCUT2D eigenvalue weighted by molar-refractivity contribution is 6.32. The van der Waals surface area contributed by atoms with Crippen LogP contribution in [-0.4, -0.2) is 11.6 Å². The Kier molecular flexibility index (Phi) is 4.38. The lowest BCUT2D eigenvalue weighted by molar-refractivity contribution is 0.103. The second kappa shape index (κ2) is 7.08. The Balaban J connectivity index is 0.000000128. The van der Waals surface area contributed by atoms with Crippen molar-refractivity contribution in [3.8, 4) is 22.3 Å². The van der Waals surface area contributed by atoms with Crippen molar-refractivity contribution in [3.05, 3.63) is 118 Å². The Hall–Kier alpha value is -3.49. The SMILES string of the molecule is Cc1ccc2c(c1)C(=O)c1ccccc1-2.O=C1c2ccccc2-c2ccc(Cl)cc21. The summed E-state index contributed by atoms with van der Waals surface area (Å²) in [6.07, 6.45) is 0. The molecule has 0 unspecified atom stereocenters. The molecule has 0 saturated carbocycles. The maximum absolute atomic E-state index is 12.0. The summed E-state index contributed by atoms with van der Waals surface area (Å²) in [5.74, 6) is 0.229. The van der Waals surface area contributed by atoms with Gasteiger partial charge < -0.3 is 0 Å². The van der Waals surface area contributed by atoms with Gasteiger partial charge in [0.15, 0.2) is 11.6 Å². The number of hydrogen-bond donors (Lipinski definition) is 0. The normalized spacial score (nSPS) is 12.5. The Labute approximate surface area is 179 Å². The summed E-state index contributed by atoms with van der Waals surface area (Å²) in [4.78, 5) is 24.0. The molecule has 3 heteroatoms. The fraction of sp³-hybridized carbons (Fsp3) is 0.0370. The van der Waals surface area contributed by atoms with Gasteiger partial charge in [-0.2, -0.15) is 0 Å². The molecule has 30 heavy (non-hydrogen) atoms. The van der Waals surface area contributed by atoms with Crippen LogP contribution in [0.15, 0.2) is 84.9 Å². The minimum absolute atomic E-state index is 0.0723. The molecule has 6 rings (SSSR count). The molecule has 0 amide bonds. The van der Waals surface area contributed by atoms with Crippen LogP contribution in [0.3, 0.4) is 0 Å². The van der Waals surface area contributed by atoms with Gasteiger partial charge in [-0.25, -0.2) is 0 Å². The van der Waals surface area contributed by atoms with E-state index >= 15 is 0 Å². The van der Waals surface area contributed by atoms with E-state index in [0.717, 1.165) is 44.5 Å². The van der Waals surface area contributed by atoms with Crippen molar-refractivity contribution in [1.29, 1.82) is 0 Å². The van der Waals surface area contributed by atoms with Gasteiger partial charge in [0, 0.05) is 27.3 Å². The molecule has 144 valence electrons. The maximum atomic E-state index is 12.0. The first-order valence-electron chi connectivity index (χ1n) is 9.73. The van der Waals surface area contributed by atoms with E-state index in [1.807, 2.05) is 85.8 Å². The zero-order valence-corrected chi connectivity index (χ0v) is 17.0. The lowest BCUT2D eigenvalue weighted by Gasteiger charge is -1.99. The van der Waals surface area contributed by atoms with Crippen LogP contribution in [0.4, 0.5) is 0 Å². The average molecular weight is 409 g/mol. The number of aryl methyl sites for hydroxylation is 1. The van der Waals surface area contributed by atoms with Gasteiger partial charge in [0.25, 0.3) is 0 Å². The van der Waals surface area contributed by atoms with Crippen LogP contribution >= 0.6 is 11.6 Å². The Morgan fingerprint density at radius 2 is 0.933 bits per heavy atom. The van der Waals surface area contributed by atoms with Crippen molar-refractivity contribution in [2.24, 2.45) is 0 Å². The lowest BCUT2D eigenvalue weighted by Crippen LogP contribution is -1.94. The van der Waals surface area contributed by atoms with E-state index in [-0.39, 0.29) is 11.6 Å². The number of benzene rings is 4. The van der Waals surface area contributed by atoms with Gasteiger partial charge in [-0.3, -0.25) is 9.59 Å². The van der Waals surface area contributed by atoms with Gasteiger partial charge in [0.05, 0.1) is 0 Å². The molecule has 2 aliphatic carbocycles. The molecule has 2 aliphatic rings. The van der Waals surface area contributed by atoms with Gasteiger partial charge in [-0.05, 0) is 47.4 Å². The third-order valence-electron chi connectivity index (χ3n) is 5.57. The first kappa shape index (κ1) is 18.5. The van der Waals surface area contributed by atoms with Crippen LogP contribution in [0.5, 0.6) is 0 Å².